The highest BCUT2D eigenvalue weighted by Gasteiger charge is 2.14. The van der Waals surface area contributed by atoms with Crippen molar-refractivity contribution in [2.45, 2.75) is 0 Å². The molecule has 0 spiro atoms. The lowest BCUT2D eigenvalue weighted by atomic mass is 10.1. The zero-order valence-electron chi connectivity index (χ0n) is 9.37. The second kappa shape index (κ2) is 7.78. The van der Waals surface area contributed by atoms with Crippen molar-refractivity contribution in [3.05, 3.63) is 23.8 Å². The number of esters is 1. The minimum Gasteiger partial charge on any atom is -0.495 e. The van der Waals surface area contributed by atoms with Crippen LogP contribution < -0.4 is 10.1 Å². The summed E-state index contributed by atoms with van der Waals surface area (Å²) in [5.74, 6) is 0.239. The van der Waals surface area contributed by atoms with Crippen molar-refractivity contribution >= 4 is 24.1 Å². The molecule has 0 aliphatic heterocycles. The normalized spacial score (nSPS) is 8.19. The highest BCUT2D eigenvalue weighted by molar-refractivity contribution is 5.97. The van der Waals surface area contributed by atoms with Crippen LogP contribution in [0.3, 0.4) is 0 Å². The molecular formula is C10H16ClNO4. The summed E-state index contributed by atoms with van der Waals surface area (Å²) in [6.07, 6.45) is 0. The van der Waals surface area contributed by atoms with E-state index in [4.69, 9.17) is 4.74 Å². The molecule has 0 heterocycles. The number of methoxy groups -OCH3 is 2. The molecule has 6 heteroatoms. The Morgan fingerprint density at radius 2 is 1.94 bits per heavy atom. The van der Waals surface area contributed by atoms with Crippen molar-refractivity contribution in [2.24, 2.45) is 0 Å². The third kappa shape index (κ3) is 3.29. The smallest absolute Gasteiger partial charge is 0.340 e. The number of benzene rings is 1. The number of carbonyl (C=O) groups is 1. The first kappa shape index (κ1) is 17.0. The number of ether oxygens (including phenoxy) is 2. The van der Waals surface area contributed by atoms with Crippen molar-refractivity contribution in [1.82, 2.24) is 0 Å². The van der Waals surface area contributed by atoms with Crippen LogP contribution in [0.1, 0.15) is 10.4 Å². The monoisotopic (exact) mass is 249 g/mol. The summed E-state index contributed by atoms with van der Waals surface area (Å²) in [4.78, 5) is 11.3. The highest BCUT2D eigenvalue weighted by Crippen LogP contribution is 2.27. The first-order chi connectivity index (χ1) is 6.74. The third-order valence-electron chi connectivity index (χ3n) is 1.90. The summed E-state index contributed by atoms with van der Waals surface area (Å²) in [5.41, 5.74) is 1.11. The van der Waals surface area contributed by atoms with Gasteiger partial charge in [0, 0.05) is 7.05 Å². The fourth-order valence-electron chi connectivity index (χ4n) is 1.24. The van der Waals surface area contributed by atoms with Gasteiger partial charge < -0.3 is 20.3 Å². The molecule has 0 radical (unpaired) electrons. The van der Waals surface area contributed by atoms with Gasteiger partial charge in [-0.1, -0.05) is 6.07 Å². The van der Waals surface area contributed by atoms with E-state index in [1.54, 1.807) is 32.4 Å². The van der Waals surface area contributed by atoms with Gasteiger partial charge in [-0.3, -0.25) is 0 Å². The Bertz CT molecular complexity index is 344. The second-order valence-electron chi connectivity index (χ2n) is 2.62. The minimum absolute atomic E-state index is 0. The Hall–Kier alpha value is -1.46. The Morgan fingerprint density at radius 3 is 2.38 bits per heavy atom. The number of hydrogen-bond acceptors (Lipinski definition) is 4. The van der Waals surface area contributed by atoms with E-state index in [0.717, 1.165) is 0 Å². The van der Waals surface area contributed by atoms with Crippen LogP contribution in [-0.2, 0) is 4.74 Å². The van der Waals surface area contributed by atoms with Crippen molar-refractivity contribution in [2.75, 3.05) is 26.6 Å². The topological polar surface area (TPSA) is 79.1 Å². The second-order valence-corrected chi connectivity index (χ2v) is 2.62. The lowest BCUT2D eigenvalue weighted by Gasteiger charge is -2.11. The predicted octanol–water partition coefficient (Wildman–Crippen LogP) is 1.12. The van der Waals surface area contributed by atoms with E-state index in [0.29, 0.717) is 17.0 Å². The molecule has 0 saturated carbocycles. The van der Waals surface area contributed by atoms with Gasteiger partial charge in [-0.05, 0) is 12.1 Å². The predicted molar refractivity (Wildman–Crippen MR) is 64.7 cm³/mol. The van der Waals surface area contributed by atoms with Crippen molar-refractivity contribution < 1.29 is 19.7 Å². The zero-order valence-corrected chi connectivity index (χ0v) is 10.2. The van der Waals surface area contributed by atoms with Crippen molar-refractivity contribution in [3.8, 4) is 5.75 Å². The average Bonchev–Trinajstić information content (AvgIpc) is 2.26. The molecule has 0 aliphatic rings. The van der Waals surface area contributed by atoms with Crippen LogP contribution >= 0.6 is 12.4 Å². The number of hydrogen-bond donors (Lipinski definition) is 1. The van der Waals surface area contributed by atoms with Crippen LogP contribution in [0.4, 0.5) is 5.69 Å². The molecule has 1 aromatic rings. The van der Waals surface area contributed by atoms with E-state index >= 15 is 0 Å². The van der Waals surface area contributed by atoms with Crippen LogP contribution in [0.15, 0.2) is 18.2 Å². The van der Waals surface area contributed by atoms with Gasteiger partial charge in [0.2, 0.25) is 0 Å². The van der Waals surface area contributed by atoms with Crippen LogP contribution in [0.5, 0.6) is 5.75 Å². The van der Waals surface area contributed by atoms with Gasteiger partial charge in [0.1, 0.15) is 5.75 Å². The molecular weight excluding hydrogens is 234 g/mol. The van der Waals surface area contributed by atoms with Crippen molar-refractivity contribution in [3.63, 3.8) is 0 Å². The highest BCUT2D eigenvalue weighted by atomic mass is 35.5. The standard InChI is InChI=1S/C10H13NO3.ClH.H2O/c1-11-9-7(10(12)14-3)5-4-6-8(9)13-2;;/h4-6,11H,1-3H3;1H;1H2. The van der Waals surface area contributed by atoms with E-state index < -0.39 is 0 Å². The summed E-state index contributed by atoms with van der Waals surface area (Å²) < 4.78 is 9.75. The number of para-hydroxylation sites is 1. The van der Waals surface area contributed by atoms with Gasteiger partial charge in [0.05, 0.1) is 25.5 Å². The Balaban J connectivity index is 0. The first-order valence-electron chi connectivity index (χ1n) is 4.17. The van der Waals surface area contributed by atoms with E-state index in [-0.39, 0.29) is 23.9 Å². The lowest BCUT2D eigenvalue weighted by molar-refractivity contribution is 0.0601. The summed E-state index contributed by atoms with van der Waals surface area (Å²) in [6.45, 7) is 0. The minimum atomic E-state index is -0.381. The number of anilines is 1. The van der Waals surface area contributed by atoms with E-state index in [1.165, 1.54) is 7.11 Å². The molecule has 0 bridgehead atoms. The molecule has 16 heavy (non-hydrogen) atoms. The molecule has 0 amide bonds. The molecule has 5 nitrogen and oxygen atoms in total. The molecule has 92 valence electrons. The number of rotatable bonds is 3. The Morgan fingerprint density at radius 1 is 1.31 bits per heavy atom. The van der Waals surface area contributed by atoms with Crippen molar-refractivity contribution in [1.29, 1.82) is 0 Å². The van der Waals surface area contributed by atoms with Crippen LogP contribution in [0, 0.1) is 0 Å². The molecule has 0 atom stereocenters. The SMILES string of the molecule is CNc1c(OC)cccc1C(=O)OC.Cl.O. The molecule has 0 saturated heterocycles. The van der Waals surface area contributed by atoms with Gasteiger partial charge in [-0.15, -0.1) is 12.4 Å². The van der Waals surface area contributed by atoms with E-state index in [1.807, 2.05) is 0 Å². The van der Waals surface area contributed by atoms with Gasteiger partial charge in [0.25, 0.3) is 0 Å². The maximum atomic E-state index is 11.3. The number of carbonyl (C=O) groups excluding carboxylic acids is 1. The molecule has 1 aromatic carbocycles. The molecule has 3 N–H and O–H groups in total. The molecule has 0 unspecified atom stereocenters. The van der Waals surface area contributed by atoms with Gasteiger partial charge in [-0.25, -0.2) is 4.79 Å². The summed E-state index contributed by atoms with van der Waals surface area (Å²) in [7, 11) is 4.63. The van der Waals surface area contributed by atoms with Crippen LogP contribution in [0.2, 0.25) is 0 Å². The zero-order chi connectivity index (χ0) is 10.6. The lowest BCUT2D eigenvalue weighted by Crippen LogP contribution is -2.06. The maximum Gasteiger partial charge on any atom is 0.340 e. The van der Waals surface area contributed by atoms with E-state index in [9.17, 15) is 4.79 Å². The Labute approximate surface area is 100 Å². The number of nitrogens with one attached hydrogen (secondary N) is 1. The first-order valence-corrected chi connectivity index (χ1v) is 4.17. The summed E-state index contributed by atoms with van der Waals surface area (Å²) in [6, 6.07) is 5.20. The van der Waals surface area contributed by atoms with Crippen LogP contribution in [-0.4, -0.2) is 32.7 Å². The Kier molecular flexibility index (Phi) is 8.25. The number of halogens is 1. The molecule has 0 fully saturated rings. The molecule has 0 aliphatic carbocycles. The molecule has 1 rings (SSSR count). The summed E-state index contributed by atoms with van der Waals surface area (Å²) in [5, 5.41) is 2.90. The maximum absolute atomic E-state index is 11.3. The summed E-state index contributed by atoms with van der Waals surface area (Å²) >= 11 is 0. The largest absolute Gasteiger partial charge is 0.495 e. The fraction of sp³-hybridized carbons (Fsp3) is 0.300. The quantitative estimate of drug-likeness (QED) is 0.815. The van der Waals surface area contributed by atoms with E-state index in [2.05, 4.69) is 10.1 Å². The third-order valence-corrected chi connectivity index (χ3v) is 1.90. The van der Waals surface area contributed by atoms with Crippen LogP contribution in [0.25, 0.3) is 0 Å². The average molecular weight is 250 g/mol. The van der Waals surface area contributed by atoms with Gasteiger partial charge >= 0.3 is 5.97 Å². The fourth-order valence-corrected chi connectivity index (χ4v) is 1.24. The van der Waals surface area contributed by atoms with Gasteiger partial charge in [0.15, 0.2) is 0 Å². The van der Waals surface area contributed by atoms with Gasteiger partial charge in [-0.2, -0.15) is 0 Å². The molecule has 0 aromatic heterocycles.